The van der Waals surface area contributed by atoms with E-state index >= 15 is 0 Å². The van der Waals surface area contributed by atoms with E-state index in [0.717, 1.165) is 18.7 Å². The molecule has 1 saturated heterocycles. The highest BCUT2D eigenvalue weighted by Gasteiger charge is 2.33. The largest absolute Gasteiger partial charge is 0.299 e. The lowest BCUT2D eigenvalue weighted by Crippen LogP contribution is -2.45. The third-order valence-corrected chi connectivity index (χ3v) is 3.32. The molecule has 0 radical (unpaired) electrons. The summed E-state index contributed by atoms with van der Waals surface area (Å²) in [6.07, 6.45) is 0.600. The normalized spacial score (nSPS) is 20.5. The van der Waals surface area contributed by atoms with Crippen LogP contribution in [0.4, 0.5) is 4.39 Å². The van der Waals surface area contributed by atoms with E-state index in [4.69, 9.17) is 0 Å². The third kappa shape index (κ3) is 2.91. The lowest BCUT2D eigenvalue weighted by molar-refractivity contribution is -0.131. The first-order chi connectivity index (χ1) is 7.97. The van der Waals surface area contributed by atoms with E-state index in [1.54, 1.807) is 12.1 Å². The standard InChI is InChI=1S/C14H18FNO/c1-14(2)10-16(7-6-13(14)17)9-11-4-3-5-12(15)8-11/h3-5,8H,6-7,9-10H2,1-2H3. The van der Waals surface area contributed by atoms with E-state index in [2.05, 4.69) is 4.90 Å². The minimum Gasteiger partial charge on any atom is -0.299 e. The van der Waals surface area contributed by atoms with E-state index in [1.807, 2.05) is 19.9 Å². The number of hydrogen-bond acceptors (Lipinski definition) is 2. The quantitative estimate of drug-likeness (QED) is 0.785. The van der Waals surface area contributed by atoms with Crippen LogP contribution in [-0.2, 0) is 11.3 Å². The summed E-state index contributed by atoms with van der Waals surface area (Å²) in [6.45, 7) is 6.20. The van der Waals surface area contributed by atoms with Crippen LogP contribution in [0.25, 0.3) is 0 Å². The minimum absolute atomic E-state index is 0.199. The zero-order valence-electron chi connectivity index (χ0n) is 10.4. The fourth-order valence-electron chi connectivity index (χ4n) is 2.35. The molecule has 92 valence electrons. The summed E-state index contributed by atoms with van der Waals surface area (Å²) in [5, 5.41) is 0. The second-order valence-corrected chi connectivity index (χ2v) is 5.40. The smallest absolute Gasteiger partial charge is 0.141 e. The predicted molar refractivity (Wildman–Crippen MR) is 65.1 cm³/mol. The van der Waals surface area contributed by atoms with Gasteiger partial charge in [-0.15, -0.1) is 0 Å². The summed E-state index contributed by atoms with van der Waals surface area (Å²) in [5.41, 5.74) is 0.695. The van der Waals surface area contributed by atoms with Gasteiger partial charge in [0.15, 0.2) is 0 Å². The van der Waals surface area contributed by atoms with Crippen molar-refractivity contribution in [2.45, 2.75) is 26.8 Å². The first-order valence-corrected chi connectivity index (χ1v) is 5.97. The number of benzene rings is 1. The molecule has 1 aromatic carbocycles. The van der Waals surface area contributed by atoms with Gasteiger partial charge in [0.25, 0.3) is 0 Å². The van der Waals surface area contributed by atoms with Crippen LogP contribution >= 0.6 is 0 Å². The molecule has 2 nitrogen and oxygen atoms in total. The number of halogens is 1. The van der Waals surface area contributed by atoms with Gasteiger partial charge in [-0.1, -0.05) is 26.0 Å². The second kappa shape index (κ2) is 4.57. The summed E-state index contributed by atoms with van der Waals surface area (Å²) in [6, 6.07) is 6.66. The number of Topliss-reactive ketones (excluding diaryl/α,β-unsaturated/α-hetero) is 1. The van der Waals surface area contributed by atoms with Crippen molar-refractivity contribution in [3.05, 3.63) is 35.6 Å². The van der Waals surface area contributed by atoms with Crippen molar-refractivity contribution in [3.63, 3.8) is 0 Å². The molecule has 1 aliphatic rings. The van der Waals surface area contributed by atoms with E-state index in [-0.39, 0.29) is 11.2 Å². The fourth-order valence-corrected chi connectivity index (χ4v) is 2.35. The molecule has 0 unspecified atom stereocenters. The van der Waals surface area contributed by atoms with Gasteiger partial charge in [-0.25, -0.2) is 4.39 Å². The van der Waals surface area contributed by atoms with E-state index in [1.165, 1.54) is 6.07 Å². The maximum Gasteiger partial charge on any atom is 0.141 e. The van der Waals surface area contributed by atoms with Gasteiger partial charge in [0.1, 0.15) is 11.6 Å². The Hall–Kier alpha value is -1.22. The molecule has 0 saturated carbocycles. The molecule has 0 aromatic heterocycles. The summed E-state index contributed by atoms with van der Waals surface area (Å²) < 4.78 is 13.1. The van der Waals surface area contributed by atoms with Gasteiger partial charge in [0, 0.05) is 31.5 Å². The molecular formula is C14H18FNO. The molecule has 1 fully saturated rings. The van der Waals surface area contributed by atoms with Gasteiger partial charge in [-0.2, -0.15) is 0 Å². The summed E-state index contributed by atoms with van der Waals surface area (Å²) in [7, 11) is 0. The van der Waals surface area contributed by atoms with Crippen molar-refractivity contribution in [2.75, 3.05) is 13.1 Å². The number of rotatable bonds is 2. The molecule has 0 spiro atoms. The highest BCUT2D eigenvalue weighted by Crippen LogP contribution is 2.26. The first kappa shape index (κ1) is 12.2. The van der Waals surface area contributed by atoms with Crippen LogP contribution in [0.15, 0.2) is 24.3 Å². The van der Waals surface area contributed by atoms with Crippen molar-refractivity contribution in [3.8, 4) is 0 Å². The lowest BCUT2D eigenvalue weighted by atomic mass is 9.82. The van der Waals surface area contributed by atoms with Gasteiger partial charge in [0.2, 0.25) is 0 Å². The summed E-state index contributed by atoms with van der Waals surface area (Å²) in [5.74, 6) is 0.128. The first-order valence-electron chi connectivity index (χ1n) is 5.97. The van der Waals surface area contributed by atoms with Crippen molar-refractivity contribution in [2.24, 2.45) is 5.41 Å². The Morgan fingerprint density at radius 2 is 2.18 bits per heavy atom. The van der Waals surface area contributed by atoms with Gasteiger partial charge < -0.3 is 0 Å². The number of carbonyl (C=O) groups is 1. The molecule has 0 atom stereocenters. The van der Waals surface area contributed by atoms with Crippen molar-refractivity contribution in [1.82, 2.24) is 4.90 Å². The molecule has 1 aromatic rings. The minimum atomic E-state index is -0.272. The molecule has 0 bridgehead atoms. The number of carbonyl (C=O) groups excluding carboxylic acids is 1. The fraction of sp³-hybridized carbons (Fsp3) is 0.500. The second-order valence-electron chi connectivity index (χ2n) is 5.40. The van der Waals surface area contributed by atoms with Crippen LogP contribution in [0.5, 0.6) is 0 Å². The predicted octanol–water partition coefficient (Wildman–Crippen LogP) is 2.63. The Balaban J connectivity index is 2.03. The third-order valence-electron chi connectivity index (χ3n) is 3.32. The lowest BCUT2D eigenvalue weighted by Gasteiger charge is -2.36. The molecule has 1 aliphatic heterocycles. The maximum atomic E-state index is 13.1. The number of ketones is 1. The summed E-state index contributed by atoms with van der Waals surface area (Å²) >= 11 is 0. The van der Waals surface area contributed by atoms with Gasteiger partial charge >= 0.3 is 0 Å². The molecule has 17 heavy (non-hydrogen) atoms. The molecular weight excluding hydrogens is 217 g/mol. The Morgan fingerprint density at radius 1 is 1.41 bits per heavy atom. The van der Waals surface area contributed by atoms with E-state index in [9.17, 15) is 9.18 Å². The van der Waals surface area contributed by atoms with Crippen LogP contribution in [0.1, 0.15) is 25.8 Å². The van der Waals surface area contributed by atoms with Crippen molar-refractivity contribution < 1.29 is 9.18 Å². The molecule has 0 aliphatic carbocycles. The van der Waals surface area contributed by atoms with Gasteiger partial charge in [0.05, 0.1) is 0 Å². The highest BCUT2D eigenvalue weighted by atomic mass is 19.1. The maximum absolute atomic E-state index is 13.1. The zero-order chi connectivity index (χ0) is 12.5. The van der Waals surface area contributed by atoms with Gasteiger partial charge in [-0.3, -0.25) is 9.69 Å². The molecule has 0 amide bonds. The van der Waals surface area contributed by atoms with E-state index < -0.39 is 0 Å². The van der Waals surface area contributed by atoms with Crippen LogP contribution in [0.2, 0.25) is 0 Å². The monoisotopic (exact) mass is 235 g/mol. The number of likely N-dealkylation sites (tertiary alicyclic amines) is 1. The number of hydrogen-bond donors (Lipinski definition) is 0. The average molecular weight is 235 g/mol. The topological polar surface area (TPSA) is 20.3 Å². The van der Waals surface area contributed by atoms with Crippen LogP contribution < -0.4 is 0 Å². The molecule has 0 N–H and O–H groups in total. The van der Waals surface area contributed by atoms with E-state index in [0.29, 0.717) is 18.7 Å². The highest BCUT2D eigenvalue weighted by molar-refractivity contribution is 5.85. The van der Waals surface area contributed by atoms with Gasteiger partial charge in [-0.05, 0) is 17.7 Å². The SMILES string of the molecule is CC1(C)CN(Cc2cccc(F)c2)CCC1=O. The Kier molecular flexibility index (Phi) is 3.29. The molecule has 3 heteroatoms. The number of nitrogens with zero attached hydrogens (tertiary/aromatic N) is 1. The number of piperidine rings is 1. The zero-order valence-corrected chi connectivity index (χ0v) is 10.4. The Bertz CT molecular complexity index is 428. The molecule has 2 rings (SSSR count). The summed E-state index contributed by atoms with van der Waals surface area (Å²) in [4.78, 5) is 13.9. The van der Waals surface area contributed by atoms with Crippen molar-refractivity contribution >= 4 is 5.78 Å². The van der Waals surface area contributed by atoms with Crippen LogP contribution in [0, 0.1) is 11.2 Å². The van der Waals surface area contributed by atoms with Crippen LogP contribution in [0.3, 0.4) is 0 Å². The van der Waals surface area contributed by atoms with Crippen molar-refractivity contribution in [1.29, 1.82) is 0 Å². The Morgan fingerprint density at radius 3 is 2.82 bits per heavy atom. The van der Waals surface area contributed by atoms with Crippen LogP contribution in [-0.4, -0.2) is 23.8 Å². The average Bonchev–Trinajstić information content (AvgIpc) is 2.23. The molecule has 1 heterocycles. The Labute approximate surface area is 101 Å².